The largest absolute Gasteiger partial charge is 0.462 e. The number of carbonyl (C=O) groups excluding carboxylic acids is 2. The minimum Gasteiger partial charge on any atom is -0.462 e. The van der Waals surface area contributed by atoms with Crippen molar-refractivity contribution < 1.29 is 24.2 Å². The molecule has 0 aromatic carbocycles. The summed E-state index contributed by atoms with van der Waals surface area (Å²) in [5.41, 5.74) is 0. The third-order valence-corrected chi connectivity index (χ3v) is 12.7. The number of carbonyl (C=O) groups is 2. The van der Waals surface area contributed by atoms with Crippen molar-refractivity contribution in [3.05, 3.63) is 122 Å². The predicted molar refractivity (Wildman–Crippen MR) is 315 cm³/mol. The molecule has 0 aliphatic heterocycles. The predicted octanol–water partition coefficient (Wildman–Crippen LogP) is 20.6. The lowest BCUT2D eigenvalue weighted by molar-refractivity contribution is -0.161. The van der Waals surface area contributed by atoms with Gasteiger partial charge in [-0.2, -0.15) is 0 Å². The van der Waals surface area contributed by atoms with Gasteiger partial charge in [-0.05, 0) is 109 Å². The van der Waals surface area contributed by atoms with Crippen molar-refractivity contribution in [3.63, 3.8) is 0 Å². The van der Waals surface area contributed by atoms with Crippen LogP contribution >= 0.6 is 0 Å². The van der Waals surface area contributed by atoms with Crippen LogP contribution in [0.25, 0.3) is 0 Å². The van der Waals surface area contributed by atoms with E-state index in [9.17, 15) is 14.7 Å². The summed E-state index contributed by atoms with van der Waals surface area (Å²) in [5.74, 6) is -0.596. The number of rotatable bonds is 54. The molecule has 5 nitrogen and oxygen atoms in total. The van der Waals surface area contributed by atoms with Gasteiger partial charge in [0, 0.05) is 12.8 Å². The lowest BCUT2D eigenvalue weighted by atomic mass is 10.0. The highest BCUT2D eigenvalue weighted by atomic mass is 16.6. The molecule has 1 atom stereocenters. The normalized spacial score (nSPS) is 13.1. The topological polar surface area (TPSA) is 72.8 Å². The molecule has 0 bridgehead atoms. The van der Waals surface area contributed by atoms with Gasteiger partial charge in [-0.15, -0.1) is 0 Å². The van der Waals surface area contributed by atoms with E-state index in [1.165, 1.54) is 148 Å². The van der Waals surface area contributed by atoms with Crippen molar-refractivity contribution in [1.29, 1.82) is 0 Å². The highest BCUT2D eigenvalue weighted by Crippen LogP contribution is 2.15. The number of ether oxygens (including phenoxy) is 2. The lowest BCUT2D eigenvalue weighted by Crippen LogP contribution is -2.28. The zero-order valence-electron chi connectivity index (χ0n) is 46.9. The number of aliphatic hydroxyl groups is 1. The van der Waals surface area contributed by atoms with E-state index in [2.05, 4.69) is 135 Å². The second-order valence-electron chi connectivity index (χ2n) is 19.7. The molecule has 72 heavy (non-hydrogen) atoms. The van der Waals surface area contributed by atoms with Crippen molar-refractivity contribution in [2.24, 2.45) is 0 Å². The van der Waals surface area contributed by atoms with E-state index in [1.807, 2.05) is 0 Å². The van der Waals surface area contributed by atoms with Crippen LogP contribution in [0.5, 0.6) is 0 Å². The molecule has 0 aliphatic rings. The number of hydrogen-bond donors (Lipinski definition) is 1. The van der Waals surface area contributed by atoms with E-state index in [0.29, 0.717) is 12.8 Å². The Labute approximate surface area is 445 Å². The highest BCUT2D eigenvalue weighted by molar-refractivity contribution is 5.70. The minimum atomic E-state index is -0.780. The molecular formula is C67H112O5. The zero-order chi connectivity index (χ0) is 52.0. The van der Waals surface area contributed by atoms with Gasteiger partial charge in [-0.1, -0.05) is 270 Å². The van der Waals surface area contributed by atoms with Crippen LogP contribution in [0.3, 0.4) is 0 Å². The Balaban J connectivity index is 3.54. The van der Waals surface area contributed by atoms with Crippen LogP contribution in [0.2, 0.25) is 0 Å². The molecule has 0 aromatic rings. The average molecular weight is 998 g/mol. The van der Waals surface area contributed by atoms with E-state index >= 15 is 0 Å². The highest BCUT2D eigenvalue weighted by Gasteiger charge is 2.16. The Bertz CT molecular complexity index is 1450. The van der Waals surface area contributed by atoms with Crippen LogP contribution in [0, 0.1) is 0 Å². The molecule has 0 aromatic heterocycles. The Morgan fingerprint density at radius 3 is 0.917 bits per heavy atom. The molecule has 0 saturated carbocycles. The van der Waals surface area contributed by atoms with Crippen molar-refractivity contribution in [3.8, 4) is 0 Å². The monoisotopic (exact) mass is 997 g/mol. The fourth-order valence-electron chi connectivity index (χ4n) is 8.25. The smallest absolute Gasteiger partial charge is 0.306 e. The first-order valence-electron chi connectivity index (χ1n) is 30.1. The van der Waals surface area contributed by atoms with Crippen LogP contribution in [0.1, 0.15) is 271 Å². The third kappa shape index (κ3) is 58.9. The van der Waals surface area contributed by atoms with Gasteiger partial charge in [0.15, 0.2) is 6.10 Å². The van der Waals surface area contributed by atoms with Gasteiger partial charge < -0.3 is 14.6 Å². The average Bonchev–Trinajstić information content (AvgIpc) is 3.38. The fraction of sp³-hybridized carbons (Fsp3) is 0.672. The fourth-order valence-corrected chi connectivity index (χ4v) is 8.25. The first-order valence-corrected chi connectivity index (χ1v) is 30.1. The lowest BCUT2D eigenvalue weighted by Gasteiger charge is -2.15. The Kier molecular flexibility index (Phi) is 58.4. The maximum absolute atomic E-state index is 12.3. The van der Waals surface area contributed by atoms with Crippen molar-refractivity contribution in [2.75, 3.05) is 13.2 Å². The van der Waals surface area contributed by atoms with Gasteiger partial charge in [0.2, 0.25) is 0 Å². The first-order chi connectivity index (χ1) is 35.6. The Morgan fingerprint density at radius 1 is 0.333 bits per heavy atom. The molecule has 0 aliphatic carbocycles. The Morgan fingerprint density at radius 2 is 0.597 bits per heavy atom. The first kappa shape index (κ1) is 68.3. The summed E-state index contributed by atoms with van der Waals surface area (Å²) < 4.78 is 10.7. The van der Waals surface area contributed by atoms with Crippen LogP contribution in [0.15, 0.2) is 122 Å². The second kappa shape index (κ2) is 61.6. The summed E-state index contributed by atoms with van der Waals surface area (Å²) in [4.78, 5) is 24.5. The quantitative estimate of drug-likeness (QED) is 0.0373. The van der Waals surface area contributed by atoms with Gasteiger partial charge in [0.1, 0.15) is 6.61 Å². The summed E-state index contributed by atoms with van der Waals surface area (Å²) >= 11 is 0. The van der Waals surface area contributed by atoms with E-state index in [1.54, 1.807) is 0 Å². The third-order valence-electron chi connectivity index (χ3n) is 12.7. The Hall–Kier alpha value is -3.70. The number of esters is 2. The molecule has 1 N–H and O–H groups in total. The summed E-state index contributed by atoms with van der Waals surface area (Å²) in [6, 6.07) is 0. The molecule has 5 heteroatoms. The number of hydrogen-bond acceptors (Lipinski definition) is 5. The van der Waals surface area contributed by atoms with E-state index in [4.69, 9.17) is 9.47 Å². The molecule has 0 radical (unpaired) electrons. The molecule has 0 fully saturated rings. The van der Waals surface area contributed by atoms with Gasteiger partial charge in [-0.25, -0.2) is 0 Å². The van der Waals surface area contributed by atoms with E-state index in [-0.39, 0.29) is 25.2 Å². The van der Waals surface area contributed by atoms with Crippen molar-refractivity contribution in [2.45, 2.75) is 277 Å². The molecular weight excluding hydrogens is 885 g/mol. The van der Waals surface area contributed by atoms with Crippen LogP contribution in [-0.4, -0.2) is 36.4 Å². The SMILES string of the molecule is CC/C=C\C/C=C\C/C=C\C/C=C\C/C=C\C/C=C\C/C=C\C/C=C\C/C=C\CCCCCCCCCCCCCCCC(=O)OC(CO)COC(=O)CCCCCCCCC/C=C\CCCCCCCC. The molecule has 0 spiro atoms. The molecule has 0 heterocycles. The standard InChI is InChI=1S/C67H112O5/c1-3-5-7-9-11-13-15-17-19-21-22-23-24-25-26-27-28-29-30-31-32-33-34-35-36-37-38-39-40-41-42-43-44-46-48-50-52-54-56-58-60-62-67(70)72-65(63-68)64-71-66(69)61-59-57-55-53-51-49-47-45-20-18-16-14-12-10-8-6-4-2/h5,7,11,13,17-20,22-23,25-26,28-29,31-32,34-35,37-38,65,68H,3-4,6,8-10,12,14-16,21,24,27,30,33,36,39-64H2,1-2H3/b7-5-,13-11-,19-17-,20-18-,23-22-,26-25-,29-28-,32-31-,35-34-,38-37-. The number of aliphatic hydroxyl groups excluding tert-OH is 1. The van der Waals surface area contributed by atoms with E-state index in [0.717, 1.165) is 96.3 Å². The van der Waals surface area contributed by atoms with Crippen molar-refractivity contribution >= 4 is 11.9 Å². The van der Waals surface area contributed by atoms with Gasteiger partial charge in [0.05, 0.1) is 6.61 Å². The molecule has 0 amide bonds. The van der Waals surface area contributed by atoms with Crippen LogP contribution in [-0.2, 0) is 19.1 Å². The number of allylic oxidation sites excluding steroid dienone is 20. The van der Waals surface area contributed by atoms with Gasteiger partial charge in [0.25, 0.3) is 0 Å². The number of unbranched alkanes of at least 4 members (excludes halogenated alkanes) is 26. The summed E-state index contributed by atoms with van der Waals surface area (Å²) in [5, 5.41) is 9.65. The summed E-state index contributed by atoms with van der Waals surface area (Å²) in [6.45, 7) is 4.03. The second-order valence-corrected chi connectivity index (χ2v) is 19.7. The summed E-state index contributed by atoms with van der Waals surface area (Å²) in [6.07, 6.45) is 90.4. The molecule has 0 rings (SSSR count). The van der Waals surface area contributed by atoms with E-state index < -0.39 is 6.10 Å². The zero-order valence-corrected chi connectivity index (χ0v) is 46.9. The minimum absolute atomic E-state index is 0.0715. The molecule has 1 unspecified atom stereocenters. The maximum atomic E-state index is 12.3. The van der Waals surface area contributed by atoms with Crippen LogP contribution in [0.4, 0.5) is 0 Å². The van der Waals surface area contributed by atoms with Crippen molar-refractivity contribution in [1.82, 2.24) is 0 Å². The van der Waals surface area contributed by atoms with Gasteiger partial charge in [-0.3, -0.25) is 9.59 Å². The van der Waals surface area contributed by atoms with Crippen LogP contribution < -0.4 is 0 Å². The molecule has 410 valence electrons. The maximum Gasteiger partial charge on any atom is 0.306 e. The summed E-state index contributed by atoms with van der Waals surface area (Å²) in [7, 11) is 0. The van der Waals surface area contributed by atoms with Gasteiger partial charge >= 0.3 is 11.9 Å². The molecule has 0 saturated heterocycles.